The Labute approximate surface area is 167 Å². The fourth-order valence-corrected chi connectivity index (χ4v) is 5.03. The van der Waals surface area contributed by atoms with Gasteiger partial charge in [0.2, 0.25) is 0 Å². The van der Waals surface area contributed by atoms with Crippen molar-refractivity contribution in [2.75, 3.05) is 13.1 Å². The van der Waals surface area contributed by atoms with Crippen LogP contribution in [0.25, 0.3) is 0 Å². The molecule has 2 heterocycles. The zero-order valence-electron chi connectivity index (χ0n) is 16.3. The lowest BCUT2D eigenvalue weighted by molar-refractivity contribution is -0.114. The molecule has 2 aliphatic heterocycles. The minimum atomic E-state index is -0.0944. The zero-order chi connectivity index (χ0) is 18.8. The maximum atomic E-state index is 6.67. The molecule has 0 N–H and O–H groups in total. The quantitative estimate of drug-likeness (QED) is 0.614. The van der Waals surface area contributed by atoms with Crippen LogP contribution in [0.1, 0.15) is 41.0 Å². The number of piperidine rings is 1. The van der Waals surface area contributed by atoms with Gasteiger partial charge in [-0.3, -0.25) is 4.90 Å². The molecule has 28 heavy (non-hydrogen) atoms. The maximum Gasteiger partial charge on any atom is 0.0820 e. The van der Waals surface area contributed by atoms with Crippen molar-refractivity contribution in [2.24, 2.45) is 0 Å². The molecule has 1 atom stereocenters. The first-order valence-corrected chi connectivity index (χ1v) is 10.4. The van der Waals surface area contributed by atoms with Crippen molar-refractivity contribution >= 4 is 0 Å². The molecule has 2 nitrogen and oxygen atoms in total. The van der Waals surface area contributed by atoms with Crippen LogP contribution in [0.3, 0.4) is 0 Å². The molecule has 2 heteroatoms. The van der Waals surface area contributed by atoms with Crippen molar-refractivity contribution in [2.45, 2.75) is 37.5 Å². The van der Waals surface area contributed by atoms with Gasteiger partial charge < -0.3 is 4.74 Å². The van der Waals surface area contributed by atoms with E-state index in [1.54, 1.807) is 0 Å². The number of benzene rings is 3. The molecule has 0 aliphatic carbocycles. The Balaban J connectivity index is 1.42. The molecule has 1 saturated heterocycles. The highest BCUT2D eigenvalue weighted by Gasteiger charge is 2.47. The van der Waals surface area contributed by atoms with Gasteiger partial charge in [0, 0.05) is 25.6 Å². The van der Waals surface area contributed by atoms with Crippen LogP contribution in [0.2, 0.25) is 0 Å². The number of hydrogen-bond donors (Lipinski definition) is 0. The first-order valence-electron chi connectivity index (χ1n) is 10.4. The SMILES string of the molecule is c1ccc(CN2CCC3(CC2)OCc2ccccc2C3c2ccccc2)cc1. The number of likely N-dealkylation sites (tertiary alicyclic amines) is 1. The normalized spacial score (nSPS) is 21.4. The second kappa shape index (κ2) is 7.54. The van der Waals surface area contributed by atoms with Crippen LogP contribution in [-0.2, 0) is 17.9 Å². The summed E-state index contributed by atoms with van der Waals surface area (Å²) in [6, 6.07) is 30.6. The minimum Gasteiger partial charge on any atom is -0.369 e. The van der Waals surface area contributed by atoms with Gasteiger partial charge in [0.15, 0.2) is 0 Å². The van der Waals surface area contributed by atoms with E-state index < -0.39 is 0 Å². The first kappa shape index (κ1) is 17.7. The van der Waals surface area contributed by atoms with Crippen molar-refractivity contribution < 1.29 is 4.74 Å². The predicted molar refractivity (Wildman–Crippen MR) is 113 cm³/mol. The second-order valence-electron chi connectivity index (χ2n) is 8.16. The zero-order valence-corrected chi connectivity index (χ0v) is 16.3. The Bertz CT molecular complexity index is 913. The molecule has 0 radical (unpaired) electrons. The molecule has 0 aromatic heterocycles. The molecule has 0 amide bonds. The van der Waals surface area contributed by atoms with E-state index in [-0.39, 0.29) is 5.60 Å². The average molecular weight is 370 g/mol. The summed E-state index contributed by atoms with van der Waals surface area (Å²) in [7, 11) is 0. The lowest BCUT2D eigenvalue weighted by atomic mass is 9.69. The highest BCUT2D eigenvalue weighted by Crippen LogP contribution is 2.48. The summed E-state index contributed by atoms with van der Waals surface area (Å²) < 4.78 is 6.67. The number of fused-ring (bicyclic) bond motifs is 1. The van der Waals surface area contributed by atoms with Crippen LogP contribution in [0, 0.1) is 0 Å². The van der Waals surface area contributed by atoms with E-state index in [9.17, 15) is 0 Å². The van der Waals surface area contributed by atoms with Gasteiger partial charge in [0.25, 0.3) is 0 Å². The molecule has 1 spiro atoms. The van der Waals surface area contributed by atoms with Crippen LogP contribution < -0.4 is 0 Å². The number of rotatable bonds is 3. The number of hydrogen-bond acceptors (Lipinski definition) is 2. The fraction of sp³-hybridized carbons (Fsp3) is 0.308. The lowest BCUT2D eigenvalue weighted by Crippen LogP contribution is -2.51. The van der Waals surface area contributed by atoms with E-state index in [1.807, 2.05) is 0 Å². The van der Waals surface area contributed by atoms with Gasteiger partial charge in [-0.1, -0.05) is 84.9 Å². The van der Waals surface area contributed by atoms with Gasteiger partial charge in [-0.05, 0) is 35.1 Å². The molecule has 142 valence electrons. The summed E-state index contributed by atoms with van der Waals surface area (Å²) in [5, 5.41) is 0. The summed E-state index contributed by atoms with van der Waals surface area (Å²) in [5.41, 5.74) is 5.48. The van der Waals surface area contributed by atoms with E-state index in [0.717, 1.165) is 39.1 Å². The summed E-state index contributed by atoms with van der Waals surface area (Å²) in [6.45, 7) is 3.93. The Morgan fingerprint density at radius 3 is 2.18 bits per heavy atom. The number of ether oxygens (including phenoxy) is 1. The van der Waals surface area contributed by atoms with Crippen LogP contribution in [-0.4, -0.2) is 23.6 Å². The van der Waals surface area contributed by atoms with Gasteiger partial charge in [-0.15, -0.1) is 0 Å². The molecular formula is C26H27NO. The first-order chi connectivity index (χ1) is 13.8. The molecular weight excluding hydrogens is 342 g/mol. The van der Waals surface area contributed by atoms with Gasteiger partial charge in [-0.2, -0.15) is 0 Å². The smallest absolute Gasteiger partial charge is 0.0820 e. The Hall–Kier alpha value is -2.42. The molecule has 1 unspecified atom stereocenters. The fourth-order valence-electron chi connectivity index (χ4n) is 5.03. The molecule has 5 rings (SSSR count). The van der Waals surface area contributed by atoms with Crippen LogP contribution in [0.15, 0.2) is 84.9 Å². The van der Waals surface area contributed by atoms with Crippen molar-refractivity contribution in [3.05, 3.63) is 107 Å². The van der Waals surface area contributed by atoms with E-state index >= 15 is 0 Å². The van der Waals surface area contributed by atoms with Gasteiger partial charge in [0.05, 0.1) is 12.2 Å². The molecule has 3 aromatic rings. The standard InChI is InChI=1S/C26H27NO/c1-3-9-21(10-4-1)19-27-17-15-26(16-18-27)25(22-11-5-2-6-12-22)24-14-8-7-13-23(24)20-28-26/h1-14,25H,15-20H2. The summed E-state index contributed by atoms with van der Waals surface area (Å²) in [5.74, 6) is 0.317. The van der Waals surface area contributed by atoms with Crippen molar-refractivity contribution in [1.29, 1.82) is 0 Å². The third-order valence-corrected chi connectivity index (χ3v) is 6.49. The van der Waals surface area contributed by atoms with E-state index in [0.29, 0.717) is 5.92 Å². The average Bonchev–Trinajstić information content (AvgIpc) is 2.77. The molecule has 0 saturated carbocycles. The van der Waals surface area contributed by atoms with Crippen molar-refractivity contribution in [3.63, 3.8) is 0 Å². The van der Waals surface area contributed by atoms with Gasteiger partial charge in [0.1, 0.15) is 0 Å². The van der Waals surface area contributed by atoms with Crippen LogP contribution in [0.5, 0.6) is 0 Å². The third-order valence-electron chi connectivity index (χ3n) is 6.49. The van der Waals surface area contributed by atoms with Crippen LogP contribution >= 0.6 is 0 Å². The molecule has 3 aromatic carbocycles. The van der Waals surface area contributed by atoms with Crippen molar-refractivity contribution in [1.82, 2.24) is 4.90 Å². The van der Waals surface area contributed by atoms with E-state index in [1.165, 1.54) is 22.3 Å². The lowest BCUT2D eigenvalue weighted by Gasteiger charge is -2.49. The largest absolute Gasteiger partial charge is 0.369 e. The molecule has 1 fully saturated rings. The monoisotopic (exact) mass is 369 g/mol. The molecule has 0 bridgehead atoms. The van der Waals surface area contributed by atoms with Crippen LogP contribution in [0.4, 0.5) is 0 Å². The Kier molecular flexibility index (Phi) is 4.76. The predicted octanol–water partition coefficient (Wildman–Crippen LogP) is 5.38. The topological polar surface area (TPSA) is 12.5 Å². The van der Waals surface area contributed by atoms with E-state index in [2.05, 4.69) is 89.8 Å². The second-order valence-corrected chi connectivity index (χ2v) is 8.16. The highest BCUT2D eigenvalue weighted by atomic mass is 16.5. The van der Waals surface area contributed by atoms with E-state index in [4.69, 9.17) is 4.74 Å². The minimum absolute atomic E-state index is 0.0944. The maximum absolute atomic E-state index is 6.67. The van der Waals surface area contributed by atoms with Crippen molar-refractivity contribution in [3.8, 4) is 0 Å². The Morgan fingerprint density at radius 2 is 1.43 bits per heavy atom. The summed E-state index contributed by atoms with van der Waals surface area (Å²) in [6.07, 6.45) is 2.15. The van der Waals surface area contributed by atoms with Gasteiger partial charge in [-0.25, -0.2) is 0 Å². The Morgan fingerprint density at radius 1 is 0.786 bits per heavy atom. The third kappa shape index (κ3) is 3.28. The molecule has 2 aliphatic rings. The summed E-state index contributed by atoms with van der Waals surface area (Å²) >= 11 is 0. The number of nitrogens with zero attached hydrogens (tertiary/aromatic N) is 1. The van der Waals surface area contributed by atoms with Gasteiger partial charge >= 0.3 is 0 Å². The highest BCUT2D eigenvalue weighted by molar-refractivity contribution is 5.42. The summed E-state index contributed by atoms with van der Waals surface area (Å²) in [4.78, 5) is 2.58.